The van der Waals surface area contributed by atoms with Gasteiger partial charge in [-0.25, -0.2) is 4.98 Å². The number of likely N-dealkylation sites (tertiary alicyclic amines) is 1. The first-order valence-corrected chi connectivity index (χ1v) is 9.02. The zero-order chi connectivity index (χ0) is 16.4. The van der Waals surface area contributed by atoms with Crippen LogP contribution in [0, 0.1) is 0 Å². The molecule has 1 aliphatic heterocycles. The van der Waals surface area contributed by atoms with Crippen LogP contribution in [-0.2, 0) is 0 Å². The molecule has 0 radical (unpaired) electrons. The fraction of sp³-hybridized carbons (Fsp3) is 0.250. The zero-order valence-electron chi connectivity index (χ0n) is 12.0. The Bertz CT molecular complexity index is 725. The van der Waals surface area contributed by atoms with Crippen molar-refractivity contribution in [3.63, 3.8) is 0 Å². The predicted octanol–water partition coefficient (Wildman–Crippen LogP) is 4.55. The van der Waals surface area contributed by atoms with E-state index >= 15 is 0 Å². The van der Waals surface area contributed by atoms with Crippen molar-refractivity contribution in [2.24, 2.45) is 0 Å². The number of rotatable bonds is 3. The van der Waals surface area contributed by atoms with Gasteiger partial charge in [-0.05, 0) is 40.2 Å². The lowest BCUT2D eigenvalue weighted by atomic mass is 10.2. The highest BCUT2D eigenvalue weighted by molar-refractivity contribution is 9.10. The monoisotopic (exact) mass is 458 g/mol. The summed E-state index contributed by atoms with van der Waals surface area (Å²) in [5.41, 5.74) is 0.503. The third-order valence-electron chi connectivity index (χ3n) is 3.58. The van der Waals surface area contributed by atoms with Crippen molar-refractivity contribution in [3.8, 4) is 5.88 Å². The third kappa shape index (κ3) is 4.05. The van der Waals surface area contributed by atoms with E-state index in [0.29, 0.717) is 29.6 Å². The molecule has 1 saturated heterocycles. The quantitative estimate of drug-likeness (QED) is 0.675. The molecule has 120 valence electrons. The molecule has 0 saturated carbocycles. The highest BCUT2D eigenvalue weighted by Crippen LogP contribution is 2.25. The number of nitrogens with zero attached hydrogens (tertiary/aromatic N) is 2. The van der Waals surface area contributed by atoms with Crippen molar-refractivity contribution in [2.75, 3.05) is 13.1 Å². The number of halogens is 3. The molecule has 1 aromatic heterocycles. The molecule has 0 bridgehead atoms. The van der Waals surface area contributed by atoms with Gasteiger partial charge in [0, 0.05) is 34.2 Å². The Morgan fingerprint density at radius 3 is 2.78 bits per heavy atom. The smallest absolute Gasteiger partial charge is 0.255 e. The first-order chi connectivity index (χ1) is 11.0. The van der Waals surface area contributed by atoms with Gasteiger partial charge in [0.15, 0.2) is 0 Å². The third-order valence-corrected chi connectivity index (χ3v) is 4.87. The Morgan fingerprint density at radius 1 is 1.26 bits per heavy atom. The number of carbonyl (C=O) groups is 1. The summed E-state index contributed by atoms with van der Waals surface area (Å²) < 4.78 is 7.56. The molecule has 1 aliphatic rings. The molecule has 1 amide bonds. The van der Waals surface area contributed by atoms with E-state index in [4.69, 9.17) is 16.3 Å². The SMILES string of the molecule is O=C(c1cc(Br)ccc1Cl)N1CCC(Oc2ccc(Br)cn2)C1. The van der Waals surface area contributed by atoms with Gasteiger partial charge in [-0.15, -0.1) is 0 Å². The molecule has 1 fully saturated rings. The summed E-state index contributed by atoms with van der Waals surface area (Å²) in [7, 11) is 0. The highest BCUT2D eigenvalue weighted by Gasteiger charge is 2.29. The van der Waals surface area contributed by atoms with Crippen LogP contribution in [0.15, 0.2) is 45.5 Å². The molecule has 0 spiro atoms. The lowest BCUT2D eigenvalue weighted by Crippen LogP contribution is -2.31. The predicted molar refractivity (Wildman–Crippen MR) is 96.0 cm³/mol. The molecule has 2 heterocycles. The van der Waals surface area contributed by atoms with E-state index in [1.54, 1.807) is 29.3 Å². The Hall–Kier alpha value is -1.11. The molecule has 1 atom stereocenters. The molecular formula is C16H13Br2ClN2O2. The Labute approximate surface area is 156 Å². The molecule has 23 heavy (non-hydrogen) atoms. The summed E-state index contributed by atoms with van der Waals surface area (Å²) in [5.74, 6) is 0.485. The number of amides is 1. The van der Waals surface area contributed by atoms with Gasteiger partial charge >= 0.3 is 0 Å². The van der Waals surface area contributed by atoms with Crippen LogP contribution in [0.2, 0.25) is 5.02 Å². The molecule has 3 rings (SSSR count). The topological polar surface area (TPSA) is 42.4 Å². The second-order valence-electron chi connectivity index (χ2n) is 5.22. The largest absolute Gasteiger partial charge is 0.472 e. The van der Waals surface area contributed by atoms with Crippen LogP contribution >= 0.6 is 43.5 Å². The van der Waals surface area contributed by atoms with Gasteiger partial charge in [-0.1, -0.05) is 27.5 Å². The Morgan fingerprint density at radius 2 is 2.04 bits per heavy atom. The van der Waals surface area contributed by atoms with Crippen LogP contribution in [-0.4, -0.2) is 35.0 Å². The number of pyridine rings is 1. The molecule has 0 aliphatic carbocycles. The number of hydrogen-bond donors (Lipinski definition) is 0. The van der Waals surface area contributed by atoms with Crippen molar-refractivity contribution in [3.05, 3.63) is 56.1 Å². The van der Waals surface area contributed by atoms with Crippen molar-refractivity contribution in [1.29, 1.82) is 0 Å². The van der Waals surface area contributed by atoms with Crippen LogP contribution in [0.1, 0.15) is 16.8 Å². The number of hydrogen-bond acceptors (Lipinski definition) is 3. The summed E-state index contributed by atoms with van der Waals surface area (Å²) >= 11 is 12.8. The maximum atomic E-state index is 12.6. The Balaban J connectivity index is 1.66. The van der Waals surface area contributed by atoms with Crippen molar-refractivity contribution in [2.45, 2.75) is 12.5 Å². The summed E-state index contributed by atoms with van der Waals surface area (Å²) in [5, 5.41) is 0.456. The maximum Gasteiger partial charge on any atom is 0.255 e. The maximum absolute atomic E-state index is 12.6. The minimum Gasteiger partial charge on any atom is -0.472 e. The van der Waals surface area contributed by atoms with E-state index in [2.05, 4.69) is 36.8 Å². The van der Waals surface area contributed by atoms with Crippen molar-refractivity contribution < 1.29 is 9.53 Å². The molecule has 1 unspecified atom stereocenters. The minimum absolute atomic E-state index is 0.0569. The second-order valence-corrected chi connectivity index (χ2v) is 7.46. The molecule has 4 nitrogen and oxygen atoms in total. The van der Waals surface area contributed by atoms with Gasteiger partial charge in [0.05, 0.1) is 17.1 Å². The van der Waals surface area contributed by atoms with Gasteiger partial charge in [0.2, 0.25) is 5.88 Å². The van der Waals surface area contributed by atoms with Crippen LogP contribution in [0.3, 0.4) is 0 Å². The molecule has 7 heteroatoms. The molecule has 0 N–H and O–H groups in total. The molecule has 1 aromatic carbocycles. The summed E-state index contributed by atoms with van der Waals surface area (Å²) in [6, 6.07) is 8.96. The molecular weight excluding hydrogens is 447 g/mol. The van der Waals surface area contributed by atoms with Crippen LogP contribution in [0.4, 0.5) is 0 Å². The van der Waals surface area contributed by atoms with E-state index in [-0.39, 0.29) is 12.0 Å². The van der Waals surface area contributed by atoms with Gasteiger partial charge in [-0.3, -0.25) is 4.79 Å². The lowest BCUT2D eigenvalue weighted by Gasteiger charge is -2.18. The number of ether oxygens (including phenoxy) is 1. The van der Waals surface area contributed by atoms with E-state index in [1.807, 2.05) is 12.1 Å². The number of carbonyl (C=O) groups excluding carboxylic acids is 1. The van der Waals surface area contributed by atoms with E-state index in [0.717, 1.165) is 15.4 Å². The zero-order valence-corrected chi connectivity index (χ0v) is 15.9. The van der Waals surface area contributed by atoms with Gasteiger partial charge in [0.25, 0.3) is 5.91 Å². The standard InChI is InChI=1S/C16H13Br2ClN2O2/c17-10-1-3-14(19)13(7-10)16(22)21-6-5-12(9-21)23-15-4-2-11(18)8-20-15/h1-4,7-8,12H,5-6,9H2. The average Bonchev–Trinajstić information content (AvgIpc) is 3.00. The lowest BCUT2D eigenvalue weighted by molar-refractivity contribution is 0.0771. The number of aromatic nitrogens is 1. The van der Waals surface area contributed by atoms with Crippen LogP contribution in [0.5, 0.6) is 5.88 Å². The fourth-order valence-electron chi connectivity index (χ4n) is 2.44. The van der Waals surface area contributed by atoms with E-state index < -0.39 is 0 Å². The van der Waals surface area contributed by atoms with Gasteiger partial charge in [-0.2, -0.15) is 0 Å². The average molecular weight is 461 g/mol. The number of benzene rings is 1. The fourth-order valence-corrected chi connectivity index (χ4v) is 3.24. The summed E-state index contributed by atoms with van der Waals surface area (Å²) in [6.07, 6.45) is 2.40. The van der Waals surface area contributed by atoms with E-state index in [9.17, 15) is 4.79 Å². The first kappa shape index (κ1) is 16.7. The van der Waals surface area contributed by atoms with E-state index in [1.165, 1.54) is 0 Å². The minimum atomic E-state index is -0.0776. The van der Waals surface area contributed by atoms with Gasteiger partial charge < -0.3 is 9.64 Å². The van der Waals surface area contributed by atoms with Crippen molar-refractivity contribution >= 4 is 49.4 Å². The summed E-state index contributed by atoms with van der Waals surface area (Å²) in [4.78, 5) is 18.6. The normalized spacial score (nSPS) is 17.3. The highest BCUT2D eigenvalue weighted by atomic mass is 79.9. The van der Waals surface area contributed by atoms with Crippen LogP contribution < -0.4 is 4.74 Å². The molecule has 2 aromatic rings. The second kappa shape index (κ2) is 7.20. The summed E-state index contributed by atoms with van der Waals surface area (Å²) in [6.45, 7) is 1.17. The Kier molecular flexibility index (Phi) is 5.24. The van der Waals surface area contributed by atoms with Gasteiger partial charge in [0.1, 0.15) is 6.10 Å². The first-order valence-electron chi connectivity index (χ1n) is 7.05. The van der Waals surface area contributed by atoms with Crippen LogP contribution in [0.25, 0.3) is 0 Å². The van der Waals surface area contributed by atoms with Crippen molar-refractivity contribution in [1.82, 2.24) is 9.88 Å².